The molecular weight excluding hydrogens is 394 g/mol. The van der Waals surface area contributed by atoms with Crippen molar-refractivity contribution in [2.24, 2.45) is 5.73 Å². The number of amides is 1. The van der Waals surface area contributed by atoms with Crippen molar-refractivity contribution in [1.82, 2.24) is 9.97 Å². The predicted octanol–water partition coefficient (Wildman–Crippen LogP) is 0.724. The number of hydrogen-bond acceptors (Lipinski definition) is 7. The summed E-state index contributed by atoms with van der Waals surface area (Å²) in [5.41, 5.74) is 3.83. The van der Waals surface area contributed by atoms with Crippen LogP contribution in [0.4, 0.5) is 0 Å². The summed E-state index contributed by atoms with van der Waals surface area (Å²) in [6.45, 7) is 0. The molecule has 156 valence electrons. The number of carbonyl (C=O) groups excluding carboxylic acids is 2. The lowest BCUT2D eigenvalue weighted by atomic mass is 9.87. The lowest BCUT2D eigenvalue weighted by Crippen LogP contribution is -2.27. The molecule has 1 amide bonds. The molecule has 3 aromatic rings. The Kier molecular flexibility index (Phi) is 5.58. The van der Waals surface area contributed by atoms with Gasteiger partial charge in [0.2, 0.25) is 5.91 Å². The SMILES string of the molecule is COC(=O)c1c[nH]c(=O)c([C@@H](CC(N)=O)c2cc3cc(OC)ccc3[nH]c2=O)c1O. The highest BCUT2D eigenvalue weighted by Crippen LogP contribution is 2.33. The van der Waals surface area contributed by atoms with E-state index in [1.54, 1.807) is 18.2 Å². The number of fused-ring (bicyclic) bond motifs is 1. The van der Waals surface area contributed by atoms with Crippen molar-refractivity contribution < 1.29 is 24.2 Å². The van der Waals surface area contributed by atoms with E-state index >= 15 is 0 Å². The van der Waals surface area contributed by atoms with Crippen LogP contribution in [-0.4, -0.2) is 41.2 Å². The fourth-order valence-corrected chi connectivity index (χ4v) is 3.28. The number of aromatic nitrogens is 2. The molecule has 1 atom stereocenters. The minimum absolute atomic E-state index is 0.0115. The summed E-state index contributed by atoms with van der Waals surface area (Å²) in [7, 11) is 2.59. The Labute approximate surface area is 169 Å². The average Bonchev–Trinajstić information content (AvgIpc) is 2.71. The number of nitrogens with one attached hydrogen (secondary N) is 2. The smallest absolute Gasteiger partial charge is 0.343 e. The first-order valence-electron chi connectivity index (χ1n) is 8.79. The van der Waals surface area contributed by atoms with Crippen molar-refractivity contribution in [3.63, 3.8) is 0 Å². The van der Waals surface area contributed by atoms with Crippen molar-refractivity contribution in [1.29, 1.82) is 0 Å². The molecule has 0 aliphatic carbocycles. The van der Waals surface area contributed by atoms with Gasteiger partial charge in [-0.2, -0.15) is 0 Å². The van der Waals surface area contributed by atoms with Crippen LogP contribution >= 0.6 is 0 Å². The number of primary amides is 1. The third-order valence-electron chi connectivity index (χ3n) is 4.72. The first-order valence-corrected chi connectivity index (χ1v) is 8.79. The predicted molar refractivity (Wildman–Crippen MR) is 107 cm³/mol. The maximum Gasteiger partial charge on any atom is 0.343 e. The molecule has 30 heavy (non-hydrogen) atoms. The zero-order valence-electron chi connectivity index (χ0n) is 16.1. The number of aromatic hydroxyl groups is 1. The Bertz CT molecular complexity index is 1260. The van der Waals surface area contributed by atoms with Gasteiger partial charge in [-0.05, 0) is 24.3 Å². The fraction of sp³-hybridized carbons (Fsp3) is 0.200. The highest BCUT2D eigenvalue weighted by molar-refractivity contribution is 5.92. The van der Waals surface area contributed by atoms with Crippen molar-refractivity contribution in [2.45, 2.75) is 12.3 Å². The van der Waals surface area contributed by atoms with E-state index in [1.807, 2.05) is 0 Å². The number of H-pyrrole nitrogens is 2. The van der Waals surface area contributed by atoms with Crippen molar-refractivity contribution in [3.8, 4) is 11.5 Å². The van der Waals surface area contributed by atoms with E-state index in [1.165, 1.54) is 13.2 Å². The summed E-state index contributed by atoms with van der Waals surface area (Å²) in [5.74, 6) is -3.09. The third-order valence-corrected chi connectivity index (χ3v) is 4.72. The molecule has 2 heterocycles. The summed E-state index contributed by atoms with van der Waals surface area (Å²) >= 11 is 0. The number of pyridine rings is 2. The number of benzene rings is 1. The first-order chi connectivity index (χ1) is 14.3. The molecule has 0 bridgehead atoms. The topological polar surface area (TPSA) is 165 Å². The Morgan fingerprint density at radius 3 is 2.53 bits per heavy atom. The molecule has 2 aromatic heterocycles. The zero-order chi connectivity index (χ0) is 22.0. The van der Waals surface area contributed by atoms with Gasteiger partial charge in [-0.1, -0.05) is 0 Å². The second-order valence-corrected chi connectivity index (χ2v) is 6.52. The maximum atomic E-state index is 12.8. The molecule has 0 aliphatic heterocycles. The van der Waals surface area contributed by atoms with Crippen LogP contribution in [0.3, 0.4) is 0 Å². The Morgan fingerprint density at radius 2 is 1.90 bits per heavy atom. The van der Waals surface area contributed by atoms with E-state index in [0.29, 0.717) is 16.7 Å². The largest absolute Gasteiger partial charge is 0.506 e. The van der Waals surface area contributed by atoms with Crippen LogP contribution in [0.25, 0.3) is 10.9 Å². The molecule has 5 N–H and O–H groups in total. The fourth-order valence-electron chi connectivity index (χ4n) is 3.28. The highest BCUT2D eigenvalue weighted by Gasteiger charge is 2.29. The van der Waals surface area contributed by atoms with Gasteiger partial charge in [0.15, 0.2) is 0 Å². The van der Waals surface area contributed by atoms with Gasteiger partial charge in [0.25, 0.3) is 11.1 Å². The summed E-state index contributed by atoms with van der Waals surface area (Å²) in [4.78, 5) is 53.9. The van der Waals surface area contributed by atoms with E-state index in [9.17, 15) is 24.3 Å². The van der Waals surface area contributed by atoms with Crippen LogP contribution in [0.5, 0.6) is 11.5 Å². The number of carbonyl (C=O) groups is 2. The summed E-state index contributed by atoms with van der Waals surface area (Å²) < 4.78 is 9.77. The Balaban J connectivity index is 2.30. The third kappa shape index (κ3) is 3.75. The summed E-state index contributed by atoms with van der Waals surface area (Å²) in [5, 5.41) is 11.2. The second kappa shape index (κ2) is 8.11. The standard InChI is InChI=1S/C20H19N3O7/c1-29-10-3-4-14-9(5-10)6-12(18(26)23-14)11(7-15(21)24)16-17(25)13(20(28)30-2)8-22-19(16)27/h3-6,8,11H,7H2,1-2H3,(H2,21,24)(H,23,26)(H2,22,25,27)/t11-/m0/s1. The van der Waals surface area contributed by atoms with Crippen molar-refractivity contribution >= 4 is 22.8 Å². The van der Waals surface area contributed by atoms with E-state index in [0.717, 1.165) is 13.3 Å². The van der Waals surface area contributed by atoms with E-state index in [4.69, 9.17) is 10.5 Å². The van der Waals surface area contributed by atoms with Gasteiger partial charge in [0.1, 0.15) is 17.1 Å². The minimum atomic E-state index is -1.21. The number of nitrogens with two attached hydrogens (primary N) is 1. The quantitative estimate of drug-likeness (QED) is 0.432. The van der Waals surface area contributed by atoms with Crippen molar-refractivity contribution in [3.05, 3.63) is 67.9 Å². The van der Waals surface area contributed by atoms with Crippen molar-refractivity contribution in [2.75, 3.05) is 14.2 Å². The van der Waals surface area contributed by atoms with Gasteiger partial charge >= 0.3 is 5.97 Å². The molecule has 10 nitrogen and oxygen atoms in total. The molecule has 0 saturated carbocycles. The van der Waals surface area contributed by atoms with E-state index in [2.05, 4.69) is 14.7 Å². The lowest BCUT2D eigenvalue weighted by molar-refractivity contribution is -0.118. The van der Waals surface area contributed by atoms with Crippen LogP contribution < -0.4 is 21.6 Å². The number of hydrogen-bond donors (Lipinski definition) is 4. The van der Waals surface area contributed by atoms with Gasteiger partial charge in [0, 0.05) is 35.0 Å². The number of ether oxygens (including phenoxy) is 2. The number of esters is 1. The molecule has 3 rings (SSSR count). The molecule has 10 heteroatoms. The Morgan fingerprint density at radius 1 is 1.17 bits per heavy atom. The van der Waals surface area contributed by atoms with Crippen LogP contribution in [0.15, 0.2) is 40.1 Å². The van der Waals surface area contributed by atoms with Crippen LogP contribution in [0, 0.1) is 0 Å². The van der Waals surface area contributed by atoms with Gasteiger partial charge in [-0.15, -0.1) is 0 Å². The normalized spacial score (nSPS) is 11.8. The average molecular weight is 413 g/mol. The number of rotatable bonds is 6. The number of methoxy groups -OCH3 is 2. The van der Waals surface area contributed by atoms with Gasteiger partial charge in [-0.3, -0.25) is 14.4 Å². The first kappa shape index (κ1) is 20.6. The van der Waals surface area contributed by atoms with Gasteiger partial charge < -0.3 is 30.3 Å². The van der Waals surface area contributed by atoms with Gasteiger partial charge in [0.05, 0.1) is 19.8 Å². The molecular formula is C20H19N3O7. The Hall–Kier alpha value is -4.08. The molecule has 0 radical (unpaired) electrons. The summed E-state index contributed by atoms with van der Waals surface area (Å²) in [6, 6.07) is 6.44. The number of aromatic amines is 2. The monoisotopic (exact) mass is 413 g/mol. The maximum absolute atomic E-state index is 12.8. The van der Waals surface area contributed by atoms with Crippen LogP contribution in [0.2, 0.25) is 0 Å². The molecule has 0 saturated heterocycles. The minimum Gasteiger partial charge on any atom is -0.506 e. The summed E-state index contributed by atoms with van der Waals surface area (Å²) in [6.07, 6.45) is 0.531. The lowest BCUT2D eigenvalue weighted by Gasteiger charge is -2.18. The van der Waals surface area contributed by atoms with Gasteiger partial charge in [-0.25, -0.2) is 4.79 Å². The molecule has 1 aromatic carbocycles. The molecule has 0 aliphatic rings. The second-order valence-electron chi connectivity index (χ2n) is 6.52. The van der Waals surface area contributed by atoms with Crippen LogP contribution in [-0.2, 0) is 9.53 Å². The molecule has 0 unspecified atom stereocenters. The van der Waals surface area contributed by atoms with E-state index < -0.39 is 41.1 Å². The highest BCUT2D eigenvalue weighted by atomic mass is 16.5. The zero-order valence-corrected chi connectivity index (χ0v) is 16.1. The van der Waals surface area contributed by atoms with E-state index in [-0.39, 0.29) is 16.7 Å². The molecule has 0 fully saturated rings. The van der Waals surface area contributed by atoms with Crippen LogP contribution in [0.1, 0.15) is 33.8 Å². The molecule has 0 spiro atoms.